The number of nitrogens with one attached hydrogen (secondary N) is 1. The van der Waals surface area contributed by atoms with Crippen molar-refractivity contribution < 1.29 is 19.0 Å². The molecule has 0 radical (unpaired) electrons. The van der Waals surface area contributed by atoms with E-state index in [-0.39, 0.29) is 18.1 Å². The highest BCUT2D eigenvalue weighted by molar-refractivity contribution is 5.80. The van der Waals surface area contributed by atoms with Crippen LogP contribution in [0.5, 0.6) is 5.75 Å². The van der Waals surface area contributed by atoms with E-state index in [0.717, 1.165) is 38.1 Å². The summed E-state index contributed by atoms with van der Waals surface area (Å²) in [6, 6.07) is 8.63. The minimum Gasteiger partial charge on any atom is -0.497 e. The molecule has 6 heteroatoms. The van der Waals surface area contributed by atoms with E-state index in [2.05, 4.69) is 22.3 Å². The van der Waals surface area contributed by atoms with Crippen LogP contribution in [0.3, 0.4) is 0 Å². The molecule has 0 aromatic heterocycles. The average Bonchev–Trinajstić information content (AvgIpc) is 3.04. The minimum atomic E-state index is -0.320. The van der Waals surface area contributed by atoms with Gasteiger partial charge in [-0.3, -0.25) is 9.69 Å². The number of benzene rings is 1. The number of hydrogen-bond donors (Lipinski definition) is 1. The predicted octanol–water partition coefficient (Wildman–Crippen LogP) is 1.58. The zero-order valence-electron chi connectivity index (χ0n) is 15.1. The van der Waals surface area contributed by atoms with Crippen LogP contribution >= 0.6 is 0 Å². The van der Waals surface area contributed by atoms with Crippen molar-refractivity contribution in [3.63, 3.8) is 0 Å². The van der Waals surface area contributed by atoms with Gasteiger partial charge in [0.15, 0.2) is 0 Å². The number of hydrogen-bond acceptors (Lipinski definition) is 5. The van der Waals surface area contributed by atoms with E-state index in [1.807, 2.05) is 12.1 Å². The molecular weight excluding hydrogens is 320 g/mol. The Bertz CT molecular complexity index is 563. The van der Waals surface area contributed by atoms with E-state index >= 15 is 0 Å². The molecule has 3 atom stereocenters. The fourth-order valence-corrected chi connectivity index (χ4v) is 3.76. The van der Waals surface area contributed by atoms with Crippen LogP contribution in [-0.4, -0.2) is 63.0 Å². The first kappa shape index (κ1) is 18.2. The van der Waals surface area contributed by atoms with Gasteiger partial charge in [0.05, 0.1) is 19.8 Å². The summed E-state index contributed by atoms with van der Waals surface area (Å²) in [6.07, 6.45) is 2.61. The Kier molecular flexibility index (Phi) is 6.29. The third-order valence-corrected chi connectivity index (χ3v) is 5.11. The van der Waals surface area contributed by atoms with E-state index < -0.39 is 0 Å². The van der Waals surface area contributed by atoms with Gasteiger partial charge in [-0.05, 0) is 37.0 Å². The maximum Gasteiger partial charge on any atom is 0.249 e. The average molecular weight is 348 g/mol. The fourth-order valence-electron chi connectivity index (χ4n) is 3.76. The van der Waals surface area contributed by atoms with E-state index in [9.17, 15) is 4.79 Å². The van der Waals surface area contributed by atoms with Gasteiger partial charge in [0.25, 0.3) is 0 Å². The maximum atomic E-state index is 12.2. The van der Waals surface area contributed by atoms with Crippen molar-refractivity contribution in [3.8, 4) is 5.75 Å². The second-order valence-corrected chi connectivity index (χ2v) is 6.70. The third-order valence-electron chi connectivity index (χ3n) is 5.11. The van der Waals surface area contributed by atoms with Gasteiger partial charge >= 0.3 is 0 Å². The highest BCUT2D eigenvalue weighted by Crippen LogP contribution is 2.32. The Morgan fingerprint density at radius 1 is 1.24 bits per heavy atom. The molecule has 138 valence electrons. The molecule has 25 heavy (non-hydrogen) atoms. The quantitative estimate of drug-likeness (QED) is 0.758. The Labute approximate surface area is 149 Å². The third kappa shape index (κ3) is 4.51. The van der Waals surface area contributed by atoms with Crippen molar-refractivity contribution >= 4 is 5.91 Å². The smallest absolute Gasteiger partial charge is 0.249 e. The zero-order chi connectivity index (χ0) is 17.6. The molecule has 2 saturated heterocycles. The summed E-state index contributed by atoms with van der Waals surface area (Å²) in [6.45, 7) is 2.99. The molecule has 0 bridgehead atoms. The van der Waals surface area contributed by atoms with Crippen molar-refractivity contribution in [2.75, 3.05) is 33.9 Å². The Morgan fingerprint density at radius 2 is 2.04 bits per heavy atom. The van der Waals surface area contributed by atoms with Crippen LogP contribution in [-0.2, 0) is 20.8 Å². The summed E-state index contributed by atoms with van der Waals surface area (Å²) in [4.78, 5) is 14.7. The summed E-state index contributed by atoms with van der Waals surface area (Å²) >= 11 is 0. The number of fused-ring (bicyclic) bond motifs is 1. The molecule has 0 spiro atoms. The molecular formula is C19H28N2O4. The second kappa shape index (κ2) is 8.65. The van der Waals surface area contributed by atoms with Gasteiger partial charge in [0.2, 0.25) is 5.91 Å². The predicted molar refractivity (Wildman–Crippen MR) is 94.6 cm³/mol. The van der Waals surface area contributed by atoms with Crippen LogP contribution in [0.2, 0.25) is 0 Å². The van der Waals surface area contributed by atoms with Crippen molar-refractivity contribution in [1.82, 2.24) is 10.2 Å². The van der Waals surface area contributed by atoms with Gasteiger partial charge in [-0.15, -0.1) is 0 Å². The molecule has 0 unspecified atom stereocenters. The van der Waals surface area contributed by atoms with Crippen molar-refractivity contribution in [2.24, 2.45) is 0 Å². The Morgan fingerprint density at radius 3 is 2.76 bits per heavy atom. The van der Waals surface area contributed by atoms with E-state index in [0.29, 0.717) is 19.2 Å². The fraction of sp³-hybridized carbons (Fsp3) is 0.632. The van der Waals surface area contributed by atoms with Crippen LogP contribution in [0.4, 0.5) is 0 Å². The van der Waals surface area contributed by atoms with Gasteiger partial charge in [-0.25, -0.2) is 0 Å². The molecule has 0 saturated carbocycles. The molecule has 2 fully saturated rings. The maximum absolute atomic E-state index is 12.2. The second-order valence-electron chi connectivity index (χ2n) is 6.70. The molecule has 2 aliphatic heterocycles. The van der Waals surface area contributed by atoms with Crippen LogP contribution in [0.25, 0.3) is 0 Å². The Hall–Kier alpha value is -1.63. The number of ether oxygens (including phenoxy) is 3. The molecule has 2 heterocycles. The first-order chi connectivity index (χ1) is 12.2. The number of nitrogens with zero attached hydrogens (tertiary/aromatic N) is 1. The van der Waals surface area contributed by atoms with Crippen LogP contribution in [0.1, 0.15) is 24.8 Å². The van der Waals surface area contributed by atoms with Crippen molar-refractivity contribution in [2.45, 2.75) is 44.1 Å². The molecule has 1 aromatic rings. The minimum absolute atomic E-state index is 0.0101. The van der Waals surface area contributed by atoms with Gasteiger partial charge in [-0.1, -0.05) is 12.1 Å². The summed E-state index contributed by atoms with van der Waals surface area (Å²) in [5, 5.41) is 2.88. The molecule has 1 N–H and O–H groups in total. The van der Waals surface area contributed by atoms with Crippen molar-refractivity contribution in [1.29, 1.82) is 0 Å². The lowest BCUT2D eigenvalue weighted by atomic mass is 9.98. The molecule has 0 aliphatic carbocycles. The summed E-state index contributed by atoms with van der Waals surface area (Å²) in [5.74, 6) is 0.871. The molecule has 1 amide bonds. The van der Waals surface area contributed by atoms with Gasteiger partial charge < -0.3 is 19.5 Å². The summed E-state index contributed by atoms with van der Waals surface area (Å²) in [5.41, 5.74) is 1.28. The first-order valence-corrected chi connectivity index (χ1v) is 9.00. The molecule has 3 rings (SSSR count). The van der Waals surface area contributed by atoms with E-state index in [4.69, 9.17) is 14.2 Å². The normalized spacial score (nSPS) is 26.2. The van der Waals surface area contributed by atoms with E-state index in [1.54, 1.807) is 14.2 Å². The molecule has 1 aromatic carbocycles. The Balaban J connectivity index is 1.51. The highest BCUT2D eigenvalue weighted by Gasteiger charge is 2.41. The lowest BCUT2D eigenvalue weighted by molar-refractivity contribution is -0.144. The van der Waals surface area contributed by atoms with Crippen LogP contribution in [0.15, 0.2) is 24.3 Å². The molecule has 6 nitrogen and oxygen atoms in total. The van der Waals surface area contributed by atoms with Crippen LogP contribution in [0, 0.1) is 0 Å². The van der Waals surface area contributed by atoms with Gasteiger partial charge in [-0.2, -0.15) is 0 Å². The van der Waals surface area contributed by atoms with Gasteiger partial charge in [0, 0.05) is 32.8 Å². The SMILES string of the molecule is COCCNC(=O)[C@@H]1CC[C@@H]2[C@@H](CCN2Cc2ccc(OC)cc2)O1. The largest absolute Gasteiger partial charge is 0.497 e. The lowest BCUT2D eigenvalue weighted by Crippen LogP contribution is -2.48. The summed E-state index contributed by atoms with van der Waals surface area (Å²) in [7, 11) is 3.31. The van der Waals surface area contributed by atoms with E-state index in [1.165, 1.54) is 5.56 Å². The number of amides is 1. The van der Waals surface area contributed by atoms with Gasteiger partial charge in [0.1, 0.15) is 11.9 Å². The topological polar surface area (TPSA) is 60.0 Å². The number of methoxy groups -OCH3 is 2. The number of likely N-dealkylation sites (tertiary alicyclic amines) is 1. The lowest BCUT2D eigenvalue weighted by Gasteiger charge is -2.35. The molecule has 2 aliphatic rings. The first-order valence-electron chi connectivity index (χ1n) is 9.00. The zero-order valence-corrected chi connectivity index (χ0v) is 15.1. The number of carbonyl (C=O) groups excluding carboxylic acids is 1. The van der Waals surface area contributed by atoms with Crippen molar-refractivity contribution in [3.05, 3.63) is 29.8 Å². The standard InChI is InChI=1S/C19H28N2O4/c1-23-12-10-20-19(22)18-8-7-16-17(25-18)9-11-21(16)13-14-3-5-15(24-2)6-4-14/h3-6,16-18H,7-13H2,1-2H3,(H,20,22)/t16-,17-,18+/m1/s1. The number of carbonyl (C=O) groups is 1. The summed E-state index contributed by atoms with van der Waals surface area (Å²) < 4.78 is 16.3. The monoisotopic (exact) mass is 348 g/mol. The van der Waals surface area contributed by atoms with Crippen LogP contribution < -0.4 is 10.1 Å². The highest BCUT2D eigenvalue weighted by atomic mass is 16.5. The number of rotatable bonds is 7.